The average molecular weight is 360 g/mol. The normalized spacial score (nSPS) is 16.2. The van der Waals surface area contributed by atoms with Gasteiger partial charge < -0.3 is 9.64 Å². The second kappa shape index (κ2) is 8.68. The Hall–Kier alpha value is -1.59. The number of aryl methyl sites for hydroxylation is 1. The van der Waals surface area contributed by atoms with Gasteiger partial charge in [0.1, 0.15) is 12.4 Å². The molecule has 0 amide bonds. The molecular weight excluding hydrogens is 330 g/mol. The van der Waals surface area contributed by atoms with Gasteiger partial charge in [-0.05, 0) is 42.5 Å². The molecule has 4 nitrogen and oxygen atoms in total. The Kier molecular flexibility index (Phi) is 6.32. The van der Waals surface area contributed by atoms with E-state index in [1.54, 1.807) is 11.3 Å². The first kappa shape index (κ1) is 18.2. The fourth-order valence-electron chi connectivity index (χ4n) is 3.44. The molecule has 2 aromatic rings. The third-order valence-electron chi connectivity index (χ3n) is 4.82. The fraction of sp³-hybridized carbons (Fsp3) is 0.550. The second-order valence-electron chi connectivity index (χ2n) is 7.02. The molecule has 3 rings (SSSR count). The number of rotatable bonds is 6. The molecule has 1 saturated heterocycles. The molecular formula is C20H29N3OS. The second-order valence-corrected chi connectivity index (χ2v) is 7.89. The van der Waals surface area contributed by atoms with Crippen molar-refractivity contribution in [3.8, 4) is 5.75 Å². The van der Waals surface area contributed by atoms with Gasteiger partial charge in [0.25, 0.3) is 0 Å². The minimum absolute atomic E-state index is 0.562. The number of hydrogen-bond donors (Lipinski definition) is 0. The third-order valence-corrected chi connectivity index (χ3v) is 5.65. The van der Waals surface area contributed by atoms with Crippen molar-refractivity contribution in [2.45, 2.75) is 33.1 Å². The van der Waals surface area contributed by atoms with Gasteiger partial charge in [0, 0.05) is 44.3 Å². The van der Waals surface area contributed by atoms with E-state index < -0.39 is 0 Å². The predicted molar refractivity (Wildman–Crippen MR) is 106 cm³/mol. The topological polar surface area (TPSA) is 28.6 Å². The number of hydrogen-bond acceptors (Lipinski definition) is 5. The largest absolute Gasteiger partial charge is 0.492 e. The molecule has 1 fully saturated rings. The summed E-state index contributed by atoms with van der Waals surface area (Å²) in [7, 11) is 0. The van der Waals surface area contributed by atoms with Crippen LogP contribution >= 0.6 is 11.3 Å². The summed E-state index contributed by atoms with van der Waals surface area (Å²) in [4.78, 5) is 9.34. The summed E-state index contributed by atoms with van der Waals surface area (Å²) in [5.41, 5.74) is 2.73. The summed E-state index contributed by atoms with van der Waals surface area (Å²) >= 11 is 1.73. The van der Waals surface area contributed by atoms with Gasteiger partial charge >= 0.3 is 0 Å². The number of thiazole rings is 1. The monoisotopic (exact) mass is 359 g/mol. The molecule has 1 aromatic carbocycles. The van der Waals surface area contributed by atoms with Crippen molar-refractivity contribution < 1.29 is 4.74 Å². The number of nitrogens with zero attached hydrogens (tertiary/aromatic N) is 3. The van der Waals surface area contributed by atoms with Crippen LogP contribution in [-0.2, 0) is 0 Å². The van der Waals surface area contributed by atoms with Crippen molar-refractivity contribution in [1.82, 2.24) is 9.88 Å². The smallest absolute Gasteiger partial charge is 0.185 e. The lowest BCUT2D eigenvalue weighted by Crippen LogP contribution is -2.33. The molecule has 0 unspecified atom stereocenters. The van der Waals surface area contributed by atoms with E-state index >= 15 is 0 Å². The van der Waals surface area contributed by atoms with Crippen molar-refractivity contribution in [3.05, 3.63) is 40.9 Å². The first-order valence-electron chi connectivity index (χ1n) is 9.23. The Bertz CT molecular complexity index is 657. The first-order chi connectivity index (χ1) is 12.1. The van der Waals surface area contributed by atoms with E-state index in [0.29, 0.717) is 5.92 Å². The lowest BCUT2D eigenvalue weighted by Gasteiger charge is -2.21. The molecule has 0 radical (unpaired) electrons. The number of benzene rings is 1. The summed E-state index contributed by atoms with van der Waals surface area (Å²) in [6.07, 6.45) is 3.07. The van der Waals surface area contributed by atoms with Gasteiger partial charge in [-0.15, -0.1) is 11.3 Å². The Morgan fingerprint density at radius 1 is 1.20 bits per heavy atom. The van der Waals surface area contributed by atoms with Crippen LogP contribution < -0.4 is 9.64 Å². The van der Waals surface area contributed by atoms with E-state index in [-0.39, 0.29) is 0 Å². The van der Waals surface area contributed by atoms with Crippen LogP contribution in [0.1, 0.15) is 37.3 Å². The third kappa shape index (κ3) is 4.95. The lowest BCUT2D eigenvalue weighted by molar-refractivity contribution is 0.218. The maximum atomic E-state index is 6.00. The average Bonchev–Trinajstić information content (AvgIpc) is 3.01. The molecule has 1 aliphatic rings. The highest BCUT2D eigenvalue weighted by atomic mass is 32.1. The zero-order valence-corrected chi connectivity index (χ0v) is 16.4. The van der Waals surface area contributed by atoms with E-state index in [1.807, 2.05) is 6.20 Å². The molecule has 0 bridgehead atoms. The van der Waals surface area contributed by atoms with Gasteiger partial charge in [-0.2, -0.15) is 0 Å². The van der Waals surface area contributed by atoms with E-state index in [2.05, 4.69) is 59.1 Å². The lowest BCUT2D eigenvalue weighted by atomic mass is 9.98. The number of ether oxygens (including phenoxy) is 1. The quantitative estimate of drug-likeness (QED) is 0.774. The van der Waals surface area contributed by atoms with Crippen molar-refractivity contribution in [2.75, 3.05) is 44.2 Å². The molecule has 0 N–H and O–H groups in total. The van der Waals surface area contributed by atoms with Gasteiger partial charge in [0.2, 0.25) is 0 Å². The number of aromatic nitrogens is 1. The zero-order valence-electron chi connectivity index (χ0n) is 15.6. The highest BCUT2D eigenvalue weighted by Gasteiger charge is 2.16. The zero-order chi connectivity index (χ0) is 17.6. The van der Waals surface area contributed by atoms with E-state index in [0.717, 1.165) is 50.2 Å². The molecule has 136 valence electrons. The van der Waals surface area contributed by atoms with E-state index in [1.165, 1.54) is 17.5 Å². The summed E-state index contributed by atoms with van der Waals surface area (Å²) in [6, 6.07) is 6.48. The molecule has 1 aliphatic heterocycles. The minimum atomic E-state index is 0.562. The number of anilines is 1. The fourth-order valence-corrected chi connectivity index (χ4v) is 4.13. The van der Waals surface area contributed by atoms with Gasteiger partial charge in [-0.3, -0.25) is 4.90 Å². The van der Waals surface area contributed by atoms with Gasteiger partial charge in [-0.25, -0.2) is 4.98 Å². The van der Waals surface area contributed by atoms with Crippen molar-refractivity contribution >= 4 is 16.5 Å². The maximum Gasteiger partial charge on any atom is 0.185 e. The van der Waals surface area contributed by atoms with Crippen LogP contribution in [-0.4, -0.2) is 49.2 Å². The SMILES string of the molecule is Cc1cc(OCCN2CCCN(c3nccs3)CC2)ccc1C(C)C. The Morgan fingerprint density at radius 3 is 2.80 bits per heavy atom. The van der Waals surface area contributed by atoms with E-state index in [9.17, 15) is 0 Å². The van der Waals surface area contributed by atoms with E-state index in [4.69, 9.17) is 4.74 Å². The molecule has 25 heavy (non-hydrogen) atoms. The van der Waals surface area contributed by atoms with Crippen LogP contribution in [0, 0.1) is 6.92 Å². The molecule has 0 aliphatic carbocycles. The molecule has 0 spiro atoms. The van der Waals surface area contributed by atoms with Crippen LogP contribution in [0.2, 0.25) is 0 Å². The molecule has 2 heterocycles. The highest BCUT2D eigenvalue weighted by molar-refractivity contribution is 7.13. The first-order valence-corrected chi connectivity index (χ1v) is 10.1. The van der Waals surface area contributed by atoms with Crippen LogP contribution in [0.15, 0.2) is 29.8 Å². The molecule has 0 saturated carbocycles. The van der Waals surface area contributed by atoms with Crippen molar-refractivity contribution in [2.24, 2.45) is 0 Å². The maximum absolute atomic E-state index is 6.00. The summed E-state index contributed by atoms with van der Waals surface area (Å²) in [5.74, 6) is 1.55. The van der Waals surface area contributed by atoms with Crippen LogP contribution in [0.3, 0.4) is 0 Å². The van der Waals surface area contributed by atoms with Gasteiger partial charge in [-0.1, -0.05) is 19.9 Å². The standard InChI is InChI=1S/C20H29N3OS/c1-16(2)19-6-5-18(15-17(19)3)24-13-12-22-8-4-9-23(11-10-22)20-21-7-14-25-20/h5-7,14-16H,4,8-13H2,1-3H3. The molecule has 1 aromatic heterocycles. The molecule has 0 atom stereocenters. The summed E-state index contributed by atoms with van der Waals surface area (Å²) in [6.45, 7) is 12.7. The Labute approximate surface area is 155 Å². The minimum Gasteiger partial charge on any atom is -0.492 e. The van der Waals surface area contributed by atoms with Gasteiger partial charge in [0.15, 0.2) is 5.13 Å². The van der Waals surface area contributed by atoms with Crippen LogP contribution in [0.5, 0.6) is 5.75 Å². The van der Waals surface area contributed by atoms with Gasteiger partial charge in [0.05, 0.1) is 0 Å². The highest BCUT2D eigenvalue weighted by Crippen LogP contribution is 2.23. The van der Waals surface area contributed by atoms with Crippen molar-refractivity contribution in [1.29, 1.82) is 0 Å². The van der Waals surface area contributed by atoms with Crippen LogP contribution in [0.25, 0.3) is 0 Å². The van der Waals surface area contributed by atoms with Crippen LogP contribution in [0.4, 0.5) is 5.13 Å². The summed E-state index contributed by atoms with van der Waals surface area (Å²) in [5, 5.41) is 3.21. The van der Waals surface area contributed by atoms with Crippen molar-refractivity contribution in [3.63, 3.8) is 0 Å². The Balaban J connectivity index is 1.45. The molecule has 5 heteroatoms. The Morgan fingerprint density at radius 2 is 2.08 bits per heavy atom. The summed E-state index contributed by atoms with van der Waals surface area (Å²) < 4.78 is 6.00. The predicted octanol–water partition coefficient (Wildman–Crippen LogP) is 4.17.